The summed E-state index contributed by atoms with van der Waals surface area (Å²) in [5, 5.41) is 17.3. The zero-order chi connectivity index (χ0) is 16.3. The van der Waals surface area contributed by atoms with Gasteiger partial charge < -0.3 is 21.1 Å². The first kappa shape index (κ1) is 19.4. The normalized spacial score (nSPS) is 12.0. The van der Waals surface area contributed by atoms with Gasteiger partial charge in [-0.05, 0) is 18.9 Å². The van der Waals surface area contributed by atoms with Crippen molar-refractivity contribution in [1.82, 2.24) is 16.0 Å². The Balaban J connectivity index is 4.06. The lowest BCUT2D eigenvalue weighted by Gasteiger charge is -2.15. The molecule has 0 aliphatic carbocycles. The number of aliphatic carboxylic acids is 1. The van der Waals surface area contributed by atoms with E-state index in [4.69, 9.17) is 5.11 Å². The molecule has 0 spiro atoms. The molecule has 7 heteroatoms. The Morgan fingerprint density at radius 1 is 1.10 bits per heavy atom. The molecule has 0 heterocycles. The molecule has 21 heavy (non-hydrogen) atoms. The quantitative estimate of drug-likeness (QED) is 0.405. The highest BCUT2D eigenvalue weighted by molar-refractivity contribution is 5.84. The first-order chi connectivity index (χ1) is 9.86. The molecule has 0 unspecified atom stereocenters. The van der Waals surface area contributed by atoms with Gasteiger partial charge in [-0.2, -0.15) is 0 Å². The van der Waals surface area contributed by atoms with E-state index in [2.05, 4.69) is 16.0 Å². The van der Waals surface area contributed by atoms with Crippen LogP contribution < -0.4 is 16.0 Å². The Morgan fingerprint density at radius 2 is 1.76 bits per heavy atom. The van der Waals surface area contributed by atoms with Gasteiger partial charge in [0.15, 0.2) is 0 Å². The van der Waals surface area contributed by atoms with Crippen LogP contribution in [0.3, 0.4) is 0 Å². The van der Waals surface area contributed by atoms with E-state index in [1.807, 2.05) is 20.8 Å². The fraction of sp³-hybridized carbons (Fsp3) is 0.786. The SMILES string of the molecule is CCNCCNC(=O)CC[C@H](NC(=O)CC(C)C)C(=O)O. The van der Waals surface area contributed by atoms with Crippen molar-refractivity contribution in [2.24, 2.45) is 5.92 Å². The van der Waals surface area contributed by atoms with Gasteiger partial charge in [-0.15, -0.1) is 0 Å². The molecule has 0 aromatic heterocycles. The number of likely N-dealkylation sites (N-methyl/N-ethyl adjacent to an activating group) is 1. The van der Waals surface area contributed by atoms with Crippen molar-refractivity contribution < 1.29 is 19.5 Å². The van der Waals surface area contributed by atoms with Crippen molar-refractivity contribution in [2.45, 2.75) is 46.1 Å². The summed E-state index contributed by atoms with van der Waals surface area (Å²) >= 11 is 0. The second-order valence-corrected chi connectivity index (χ2v) is 5.30. The van der Waals surface area contributed by atoms with Crippen molar-refractivity contribution >= 4 is 17.8 Å². The van der Waals surface area contributed by atoms with E-state index < -0.39 is 12.0 Å². The highest BCUT2D eigenvalue weighted by atomic mass is 16.4. The van der Waals surface area contributed by atoms with Gasteiger partial charge in [-0.25, -0.2) is 4.79 Å². The Morgan fingerprint density at radius 3 is 2.29 bits per heavy atom. The molecular formula is C14H27N3O4. The lowest BCUT2D eigenvalue weighted by atomic mass is 10.1. The summed E-state index contributed by atoms with van der Waals surface area (Å²) < 4.78 is 0. The maximum atomic E-state index is 11.6. The lowest BCUT2D eigenvalue weighted by Crippen LogP contribution is -2.42. The lowest BCUT2D eigenvalue weighted by molar-refractivity contribution is -0.142. The number of hydrogen-bond acceptors (Lipinski definition) is 4. The van der Waals surface area contributed by atoms with Crippen LogP contribution in [-0.4, -0.2) is 48.6 Å². The monoisotopic (exact) mass is 301 g/mol. The zero-order valence-electron chi connectivity index (χ0n) is 13.1. The number of hydrogen-bond donors (Lipinski definition) is 4. The number of rotatable bonds is 11. The van der Waals surface area contributed by atoms with E-state index in [-0.39, 0.29) is 37.0 Å². The van der Waals surface area contributed by atoms with Crippen molar-refractivity contribution in [1.29, 1.82) is 0 Å². The van der Waals surface area contributed by atoms with Crippen LogP contribution in [0.15, 0.2) is 0 Å². The van der Waals surface area contributed by atoms with Crippen LogP contribution in [0, 0.1) is 5.92 Å². The summed E-state index contributed by atoms with van der Waals surface area (Å²) in [5.41, 5.74) is 0. The molecule has 122 valence electrons. The summed E-state index contributed by atoms with van der Waals surface area (Å²) in [5.74, 6) is -1.47. The van der Waals surface area contributed by atoms with Crippen molar-refractivity contribution in [3.8, 4) is 0 Å². The van der Waals surface area contributed by atoms with Crippen molar-refractivity contribution in [3.05, 3.63) is 0 Å². The Kier molecular flexibility index (Phi) is 10.2. The molecule has 2 amide bonds. The molecular weight excluding hydrogens is 274 g/mol. The molecule has 0 bridgehead atoms. The number of carbonyl (C=O) groups excluding carboxylic acids is 2. The fourth-order valence-corrected chi connectivity index (χ4v) is 1.71. The number of nitrogens with one attached hydrogen (secondary N) is 3. The molecule has 0 aliphatic rings. The predicted octanol–water partition coefficient (Wildman–Crippen LogP) is 0.108. The summed E-state index contributed by atoms with van der Waals surface area (Å²) in [6, 6.07) is -1.02. The highest BCUT2D eigenvalue weighted by Gasteiger charge is 2.21. The summed E-state index contributed by atoms with van der Waals surface area (Å²) in [4.78, 5) is 34.2. The maximum absolute atomic E-state index is 11.6. The largest absolute Gasteiger partial charge is 0.480 e. The molecule has 0 aromatic carbocycles. The van der Waals surface area contributed by atoms with Gasteiger partial charge in [0.2, 0.25) is 11.8 Å². The molecule has 0 rings (SSSR count). The smallest absolute Gasteiger partial charge is 0.326 e. The van der Waals surface area contributed by atoms with E-state index in [0.29, 0.717) is 13.1 Å². The number of carboxylic acid groups (broad SMARTS) is 1. The third kappa shape index (κ3) is 10.8. The van der Waals surface area contributed by atoms with E-state index in [9.17, 15) is 14.4 Å². The van der Waals surface area contributed by atoms with Gasteiger partial charge in [0.1, 0.15) is 6.04 Å². The first-order valence-electron chi connectivity index (χ1n) is 7.36. The van der Waals surface area contributed by atoms with Crippen LogP contribution >= 0.6 is 0 Å². The molecule has 0 saturated carbocycles. The third-order valence-corrected chi connectivity index (χ3v) is 2.76. The fourth-order valence-electron chi connectivity index (χ4n) is 1.71. The number of carboxylic acids is 1. The van der Waals surface area contributed by atoms with E-state index in [1.165, 1.54) is 0 Å². The first-order valence-corrected chi connectivity index (χ1v) is 7.36. The van der Waals surface area contributed by atoms with Gasteiger partial charge in [-0.1, -0.05) is 20.8 Å². The maximum Gasteiger partial charge on any atom is 0.326 e. The molecule has 1 atom stereocenters. The van der Waals surface area contributed by atoms with Crippen LogP contribution in [0.5, 0.6) is 0 Å². The summed E-state index contributed by atoms with van der Waals surface area (Å²) in [6.45, 7) is 7.75. The topological polar surface area (TPSA) is 108 Å². The predicted molar refractivity (Wildman–Crippen MR) is 79.8 cm³/mol. The minimum Gasteiger partial charge on any atom is -0.480 e. The van der Waals surface area contributed by atoms with E-state index in [1.54, 1.807) is 0 Å². The minimum absolute atomic E-state index is 0.0745. The third-order valence-electron chi connectivity index (χ3n) is 2.76. The molecule has 0 saturated heterocycles. The molecule has 7 nitrogen and oxygen atoms in total. The van der Waals surface area contributed by atoms with Crippen LogP contribution in [0.2, 0.25) is 0 Å². The molecule has 0 aliphatic heterocycles. The number of carbonyl (C=O) groups is 3. The van der Waals surface area contributed by atoms with Crippen LogP contribution in [0.25, 0.3) is 0 Å². The van der Waals surface area contributed by atoms with Crippen molar-refractivity contribution in [2.75, 3.05) is 19.6 Å². The van der Waals surface area contributed by atoms with Crippen molar-refractivity contribution in [3.63, 3.8) is 0 Å². The van der Waals surface area contributed by atoms with Gasteiger partial charge >= 0.3 is 5.97 Å². The Hall–Kier alpha value is -1.63. The van der Waals surface area contributed by atoms with Gasteiger partial charge in [0.05, 0.1) is 0 Å². The molecule has 0 aromatic rings. The summed E-state index contributed by atoms with van der Waals surface area (Å²) in [6.07, 6.45) is 0.440. The Labute approximate surface area is 125 Å². The van der Waals surface area contributed by atoms with Gasteiger partial charge in [0, 0.05) is 25.9 Å². The average Bonchev–Trinajstić information content (AvgIpc) is 2.38. The molecule has 0 fully saturated rings. The number of amides is 2. The standard InChI is InChI=1S/C14H27N3O4/c1-4-15-7-8-16-12(18)6-5-11(14(20)21)17-13(19)9-10(2)3/h10-11,15H,4-9H2,1-3H3,(H,16,18)(H,17,19)(H,20,21)/t11-/m0/s1. The Bertz CT molecular complexity index is 345. The second-order valence-electron chi connectivity index (χ2n) is 5.30. The summed E-state index contributed by atoms with van der Waals surface area (Å²) in [7, 11) is 0. The van der Waals surface area contributed by atoms with Gasteiger partial charge in [-0.3, -0.25) is 9.59 Å². The zero-order valence-corrected chi connectivity index (χ0v) is 13.1. The minimum atomic E-state index is -1.12. The van der Waals surface area contributed by atoms with E-state index in [0.717, 1.165) is 6.54 Å². The highest BCUT2D eigenvalue weighted by Crippen LogP contribution is 2.02. The molecule has 4 N–H and O–H groups in total. The van der Waals surface area contributed by atoms with Crippen LogP contribution in [0.1, 0.15) is 40.0 Å². The molecule has 0 radical (unpaired) electrons. The van der Waals surface area contributed by atoms with E-state index >= 15 is 0 Å². The average molecular weight is 301 g/mol. The van der Waals surface area contributed by atoms with Gasteiger partial charge in [0.25, 0.3) is 0 Å². The van der Waals surface area contributed by atoms with Crippen LogP contribution in [-0.2, 0) is 14.4 Å². The van der Waals surface area contributed by atoms with Crippen LogP contribution in [0.4, 0.5) is 0 Å². The second kappa shape index (κ2) is 11.1.